The molecule has 0 bridgehead atoms. The van der Waals surface area contributed by atoms with Crippen LogP contribution in [0.1, 0.15) is 25.1 Å². The molecule has 3 aromatic carbocycles. The van der Waals surface area contributed by atoms with E-state index in [9.17, 15) is 9.59 Å². The van der Waals surface area contributed by atoms with Crippen molar-refractivity contribution < 1.29 is 14.3 Å². The molecule has 9 heteroatoms. The second kappa shape index (κ2) is 12.9. The van der Waals surface area contributed by atoms with E-state index in [1.807, 2.05) is 91.1 Å². The summed E-state index contributed by atoms with van der Waals surface area (Å²) in [7, 11) is 0. The number of H-pyrrole nitrogens is 1. The quantitative estimate of drug-likeness (QED) is 0.135. The molecular formula is C32H34N6O3. The molecule has 0 radical (unpaired) electrons. The number of urea groups is 1. The van der Waals surface area contributed by atoms with Crippen LogP contribution in [-0.2, 0) is 4.79 Å². The van der Waals surface area contributed by atoms with Crippen LogP contribution in [0.2, 0.25) is 0 Å². The SMILES string of the molecule is CCN(CC)CCOc1cccc(NC(=O)Nc2cccc(Nc3ccc4c(c3)NC(=O)C4=Cc3ccc[nH]3)c2)c1. The number of carbonyl (C=O) groups excluding carboxylic acids is 2. The van der Waals surface area contributed by atoms with Crippen molar-refractivity contribution >= 4 is 52.0 Å². The number of hydrogen-bond acceptors (Lipinski definition) is 5. The Balaban J connectivity index is 1.18. The van der Waals surface area contributed by atoms with Crippen LogP contribution in [0, 0.1) is 0 Å². The van der Waals surface area contributed by atoms with Crippen LogP contribution in [0.3, 0.4) is 0 Å². The summed E-state index contributed by atoms with van der Waals surface area (Å²) in [6.07, 6.45) is 3.66. The van der Waals surface area contributed by atoms with E-state index < -0.39 is 0 Å². The van der Waals surface area contributed by atoms with Crippen molar-refractivity contribution in [1.29, 1.82) is 0 Å². The van der Waals surface area contributed by atoms with E-state index in [1.165, 1.54) is 0 Å². The van der Waals surface area contributed by atoms with Gasteiger partial charge in [-0.2, -0.15) is 0 Å². The largest absolute Gasteiger partial charge is 0.492 e. The lowest BCUT2D eigenvalue weighted by atomic mass is 10.1. The summed E-state index contributed by atoms with van der Waals surface area (Å²) in [4.78, 5) is 30.6. The van der Waals surface area contributed by atoms with Gasteiger partial charge in [-0.25, -0.2) is 4.79 Å². The Hall–Kier alpha value is -5.02. The first kappa shape index (κ1) is 27.5. The molecular weight excluding hydrogens is 516 g/mol. The highest BCUT2D eigenvalue weighted by Gasteiger charge is 2.24. The summed E-state index contributed by atoms with van der Waals surface area (Å²) in [5.41, 5.74) is 5.94. The summed E-state index contributed by atoms with van der Waals surface area (Å²) in [5, 5.41) is 12.0. The third-order valence-corrected chi connectivity index (χ3v) is 6.80. The van der Waals surface area contributed by atoms with E-state index in [2.05, 4.69) is 45.0 Å². The Labute approximate surface area is 239 Å². The molecule has 9 nitrogen and oxygen atoms in total. The van der Waals surface area contributed by atoms with E-state index in [4.69, 9.17) is 4.74 Å². The number of fused-ring (bicyclic) bond motifs is 1. The van der Waals surface area contributed by atoms with Crippen molar-refractivity contribution in [3.63, 3.8) is 0 Å². The summed E-state index contributed by atoms with van der Waals surface area (Å²) >= 11 is 0. The molecule has 0 saturated carbocycles. The fourth-order valence-corrected chi connectivity index (χ4v) is 4.64. The van der Waals surface area contributed by atoms with Gasteiger partial charge >= 0.3 is 6.03 Å². The molecule has 5 rings (SSSR count). The van der Waals surface area contributed by atoms with Gasteiger partial charge in [0.1, 0.15) is 12.4 Å². The molecule has 1 aromatic heterocycles. The molecule has 210 valence electrons. The van der Waals surface area contributed by atoms with E-state index in [1.54, 1.807) is 0 Å². The third kappa shape index (κ3) is 7.14. The predicted octanol–water partition coefficient (Wildman–Crippen LogP) is 6.62. The van der Waals surface area contributed by atoms with Gasteiger partial charge in [0.15, 0.2) is 0 Å². The second-order valence-corrected chi connectivity index (χ2v) is 9.59. The summed E-state index contributed by atoms with van der Waals surface area (Å²) in [6.45, 7) is 7.66. The van der Waals surface area contributed by atoms with Crippen LogP contribution in [0.4, 0.5) is 33.2 Å². The lowest BCUT2D eigenvalue weighted by Gasteiger charge is -2.18. The van der Waals surface area contributed by atoms with E-state index >= 15 is 0 Å². The third-order valence-electron chi connectivity index (χ3n) is 6.80. The lowest BCUT2D eigenvalue weighted by molar-refractivity contribution is -0.110. The van der Waals surface area contributed by atoms with Gasteiger partial charge in [0.25, 0.3) is 5.91 Å². The van der Waals surface area contributed by atoms with Gasteiger partial charge in [0.05, 0.1) is 11.3 Å². The molecule has 0 unspecified atom stereocenters. The molecule has 0 saturated heterocycles. The van der Waals surface area contributed by atoms with Crippen LogP contribution in [-0.4, -0.2) is 48.1 Å². The van der Waals surface area contributed by atoms with Crippen molar-refractivity contribution in [1.82, 2.24) is 9.88 Å². The molecule has 0 aliphatic carbocycles. The number of hydrogen-bond donors (Lipinski definition) is 5. The van der Waals surface area contributed by atoms with Crippen molar-refractivity contribution in [3.05, 3.63) is 96.3 Å². The maximum atomic E-state index is 12.7. The number of anilines is 5. The normalized spacial score (nSPS) is 13.1. The zero-order valence-corrected chi connectivity index (χ0v) is 23.2. The van der Waals surface area contributed by atoms with Crippen LogP contribution in [0.25, 0.3) is 11.6 Å². The fourth-order valence-electron chi connectivity index (χ4n) is 4.64. The zero-order chi connectivity index (χ0) is 28.6. The van der Waals surface area contributed by atoms with Crippen LogP contribution in [0.15, 0.2) is 85.1 Å². The highest BCUT2D eigenvalue weighted by Crippen LogP contribution is 2.35. The number of ether oxygens (including phenoxy) is 1. The Morgan fingerprint density at radius 2 is 1.61 bits per heavy atom. The Morgan fingerprint density at radius 1 is 0.878 bits per heavy atom. The minimum Gasteiger partial charge on any atom is -0.492 e. The van der Waals surface area contributed by atoms with Crippen molar-refractivity contribution in [2.75, 3.05) is 47.5 Å². The molecule has 5 N–H and O–H groups in total. The molecule has 0 fully saturated rings. The predicted molar refractivity (Wildman–Crippen MR) is 166 cm³/mol. The maximum absolute atomic E-state index is 12.7. The number of aromatic nitrogens is 1. The van der Waals surface area contributed by atoms with E-state index in [-0.39, 0.29) is 11.9 Å². The number of nitrogens with zero attached hydrogens (tertiary/aromatic N) is 1. The van der Waals surface area contributed by atoms with Gasteiger partial charge < -0.3 is 35.9 Å². The fraction of sp³-hybridized carbons (Fsp3) is 0.188. The zero-order valence-electron chi connectivity index (χ0n) is 23.2. The Morgan fingerprint density at radius 3 is 2.37 bits per heavy atom. The molecule has 0 atom stereocenters. The van der Waals surface area contributed by atoms with Crippen LogP contribution in [0.5, 0.6) is 5.75 Å². The number of rotatable bonds is 11. The number of nitrogens with one attached hydrogen (secondary N) is 5. The maximum Gasteiger partial charge on any atom is 0.323 e. The Bertz CT molecular complexity index is 1540. The minimum atomic E-state index is -0.357. The highest BCUT2D eigenvalue weighted by molar-refractivity contribution is 6.35. The average molecular weight is 551 g/mol. The minimum absolute atomic E-state index is 0.138. The number of aromatic amines is 1. The van der Waals surface area contributed by atoms with Crippen LogP contribution >= 0.6 is 0 Å². The smallest absolute Gasteiger partial charge is 0.323 e. The molecule has 1 aliphatic heterocycles. The van der Waals surface area contributed by atoms with Crippen molar-refractivity contribution in [2.45, 2.75) is 13.8 Å². The number of benzene rings is 3. The molecule has 0 spiro atoms. The van der Waals surface area contributed by atoms with Gasteiger partial charge in [-0.3, -0.25) is 4.79 Å². The first-order valence-electron chi connectivity index (χ1n) is 13.7. The highest BCUT2D eigenvalue weighted by atomic mass is 16.5. The number of carbonyl (C=O) groups is 2. The number of likely N-dealkylation sites (N-methyl/N-ethyl adjacent to an activating group) is 1. The molecule has 4 aromatic rings. The average Bonchev–Trinajstić information content (AvgIpc) is 3.59. The molecule has 1 aliphatic rings. The van der Waals surface area contributed by atoms with Gasteiger partial charge in [-0.1, -0.05) is 32.0 Å². The van der Waals surface area contributed by atoms with Crippen molar-refractivity contribution in [2.24, 2.45) is 0 Å². The second-order valence-electron chi connectivity index (χ2n) is 9.59. The summed E-state index contributed by atoms with van der Waals surface area (Å²) in [6, 6.07) is 24.0. The molecule has 41 heavy (non-hydrogen) atoms. The Kier molecular flexibility index (Phi) is 8.66. The van der Waals surface area contributed by atoms with Gasteiger partial charge in [0.2, 0.25) is 0 Å². The molecule has 2 heterocycles. The topological polar surface area (TPSA) is 111 Å². The first-order valence-corrected chi connectivity index (χ1v) is 13.7. The molecule has 3 amide bonds. The van der Waals surface area contributed by atoms with Crippen LogP contribution < -0.4 is 26.0 Å². The lowest BCUT2D eigenvalue weighted by Crippen LogP contribution is -2.27. The summed E-state index contributed by atoms with van der Waals surface area (Å²) in [5.74, 6) is 0.569. The summed E-state index contributed by atoms with van der Waals surface area (Å²) < 4.78 is 5.87. The standard InChI is InChI=1S/C32H34N6O3/c1-3-38(4-2)16-17-41-27-12-6-10-25(19-27)36-32(40)35-24-9-5-8-23(18-24)34-26-13-14-28-29(20-22-11-7-15-33-22)31(39)37-30(28)21-26/h5-15,18-21,33-34H,3-4,16-17H2,1-2H3,(H,37,39)(H2,35,36,40). The first-order chi connectivity index (χ1) is 20.0. The van der Waals surface area contributed by atoms with Gasteiger partial charge in [0, 0.05) is 52.8 Å². The monoisotopic (exact) mass is 550 g/mol. The van der Waals surface area contributed by atoms with E-state index in [0.717, 1.165) is 48.0 Å². The van der Waals surface area contributed by atoms with Crippen molar-refractivity contribution in [3.8, 4) is 5.75 Å². The number of amides is 3. The van der Waals surface area contributed by atoms with E-state index in [0.29, 0.717) is 29.3 Å². The van der Waals surface area contributed by atoms with Gasteiger partial charge in [-0.05, 0) is 73.8 Å². The van der Waals surface area contributed by atoms with Gasteiger partial charge in [-0.15, -0.1) is 0 Å².